The van der Waals surface area contributed by atoms with Crippen molar-refractivity contribution in [2.45, 2.75) is 20.3 Å². The Morgan fingerprint density at radius 3 is 2.76 bits per heavy atom. The number of carbonyl (C=O) groups is 1. The second-order valence-corrected chi connectivity index (χ2v) is 3.20. The third-order valence-corrected chi connectivity index (χ3v) is 2.13. The molecule has 0 aliphatic heterocycles. The normalized spacial score (nSPS) is 10.1. The van der Waals surface area contributed by atoms with Gasteiger partial charge >= 0.3 is 5.97 Å². The number of aromatic nitrogens is 1. The van der Waals surface area contributed by atoms with Crippen LogP contribution in [0, 0.1) is 18.3 Å². The summed E-state index contributed by atoms with van der Waals surface area (Å²) < 4.78 is 30.1. The van der Waals surface area contributed by atoms with Crippen LogP contribution in [0.4, 0.5) is 8.78 Å². The maximum absolute atomic E-state index is 12.7. The van der Waals surface area contributed by atoms with E-state index in [1.54, 1.807) is 13.0 Å². The van der Waals surface area contributed by atoms with Gasteiger partial charge in [0.1, 0.15) is 11.8 Å². The van der Waals surface area contributed by atoms with Crippen molar-refractivity contribution >= 4 is 5.97 Å². The first kappa shape index (κ1) is 13.0. The summed E-state index contributed by atoms with van der Waals surface area (Å²) in [5.41, 5.74) is -0.799. The van der Waals surface area contributed by atoms with E-state index in [1.165, 1.54) is 6.92 Å². The van der Waals surface area contributed by atoms with Gasteiger partial charge in [0, 0.05) is 5.56 Å². The predicted molar refractivity (Wildman–Crippen MR) is 54.6 cm³/mol. The molecule has 1 heterocycles. The van der Waals surface area contributed by atoms with Crippen LogP contribution in [-0.2, 0) is 4.74 Å². The molecular formula is C11H10F2N2O2. The number of esters is 1. The molecule has 6 heteroatoms. The summed E-state index contributed by atoms with van der Waals surface area (Å²) >= 11 is 0. The van der Waals surface area contributed by atoms with Gasteiger partial charge in [-0.3, -0.25) is 0 Å². The second-order valence-electron chi connectivity index (χ2n) is 3.20. The van der Waals surface area contributed by atoms with Gasteiger partial charge in [-0.1, -0.05) is 0 Å². The van der Waals surface area contributed by atoms with Crippen molar-refractivity contribution in [3.05, 3.63) is 28.6 Å². The van der Waals surface area contributed by atoms with E-state index in [0.717, 1.165) is 6.07 Å². The van der Waals surface area contributed by atoms with Crippen LogP contribution in [0.5, 0.6) is 0 Å². The molecule has 0 saturated carbocycles. The van der Waals surface area contributed by atoms with E-state index < -0.39 is 12.4 Å². The molecule has 0 saturated heterocycles. The summed E-state index contributed by atoms with van der Waals surface area (Å²) in [6.45, 7) is 3.05. The summed E-state index contributed by atoms with van der Waals surface area (Å²) in [7, 11) is 0. The first-order valence-corrected chi connectivity index (χ1v) is 4.88. The van der Waals surface area contributed by atoms with Crippen molar-refractivity contribution in [2.75, 3.05) is 6.61 Å². The summed E-state index contributed by atoms with van der Waals surface area (Å²) in [6.07, 6.45) is -2.77. The largest absolute Gasteiger partial charge is 0.461 e. The highest BCUT2D eigenvalue weighted by Gasteiger charge is 2.21. The highest BCUT2D eigenvalue weighted by Crippen LogP contribution is 2.25. The minimum atomic E-state index is -2.77. The molecule has 0 fully saturated rings. The fourth-order valence-electron chi connectivity index (χ4n) is 1.31. The fourth-order valence-corrected chi connectivity index (χ4v) is 1.31. The Morgan fingerprint density at radius 2 is 2.29 bits per heavy atom. The van der Waals surface area contributed by atoms with Crippen molar-refractivity contribution in [1.82, 2.24) is 4.98 Å². The molecule has 0 N–H and O–H groups in total. The van der Waals surface area contributed by atoms with Gasteiger partial charge in [0.25, 0.3) is 6.43 Å². The van der Waals surface area contributed by atoms with Gasteiger partial charge in [-0.05, 0) is 25.5 Å². The molecule has 1 aromatic rings. The smallest absolute Gasteiger partial charge is 0.357 e. The van der Waals surface area contributed by atoms with E-state index in [-0.39, 0.29) is 29.1 Å². The van der Waals surface area contributed by atoms with E-state index in [4.69, 9.17) is 5.26 Å². The number of ether oxygens (including phenoxy) is 1. The Hall–Kier alpha value is -2.03. The second kappa shape index (κ2) is 5.34. The zero-order chi connectivity index (χ0) is 13.0. The van der Waals surface area contributed by atoms with Crippen molar-refractivity contribution in [3.8, 4) is 6.07 Å². The van der Waals surface area contributed by atoms with Gasteiger partial charge in [0.15, 0.2) is 5.69 Å². The fraction of sp³-hybridized carbons (Fsp3) is 0.364. The average Bonchev–Trinajstić information content (AvgIpc) is 2.29. The van der Waals surface area contributed by atoms with Gasteiger partial charge in [-0.25, -0.2) is 18.6 Å². The van der Waals surface area contributed by atoms with Crippen LogP contribution in [0.2, 0.25) is 0 Å². The number of halogens is 2. The number of rotatable bonds is 3. The molecule has 0 spiro atoms. The molecule has 0 amide bonds. The van der Waals surface area contributed by atoms with Gasteiger partial charge in [-0.15, -0.1) is 0 Å². The summed E-state index contributed by atoms with van der Waals surface area (Å²) in [5, 5.41) is 8.66. The molecule has 0 bridgehead atoms. The maximum atomic E-state index is 12.7. The Morgan fingerprint density at radius 1 is 1.65 bits per heavy atom. The summed E-state index contributed by atoms with van der Waals surface area (Å²) in [4.78, 5) is 15.2. The average molecular weight is 240 g/mol. The van der Waals surface area contributed by atoms with Crippen LogP contribution in [-0.4, -0.2) is 17.6 Å². The SMILES string of the molecule is CCOC(=O)c1nc(C#N)cc(C(F)F)c1C. The summed E-state index contributed by atoms with van der Waals surface area (Å²) in [6, 6.07) is 2.61. The number of hydrogen-bond acceptors (Lipinski definition) is 4. The van der Waals surface area contributed by atoms with Gasteiger partial charge in [-0.2, -0.15) is 5.26 Å². The van der Waals surface area contributed by atoms with Gasteiger partial charge < -0.3 is 4.74 Å². The van der Waals surface area contributed by atoms with Crippen molar-refractivity contribution in [3.63, 3.8) is 0 Å². The molecular weight excluding hydrogens is 230 g/mol. The molecule has 17 heavy (non-hydrogen) atoms. The number of hydrogen-bond donors (Lipinski definition) is 0. The molecule has 4 nitrogen and oxygen atoms in total. The number of pyridine rings is 1. The molecule has 1 aromatic heterocycles. The van der Waals surface area contributed by atoms with E-state index in [0.29, 0.717) is 0 Å². The minimum absolute atomic E-state index is 0.0393. The highest BCUT2D eigenvalue weighted by molar-refractivity contribution is 5.89. The molecule has 0 unspecified atom stereocenters. The molecule has 0 aliphatic rings. The van der Waals surface area contributed by atoms with E-state index in [2.05, 4.69) is 9.72 Å². The van der Waals surface area contributed by atoms with Crippen LogP contribution >= 0.6 is 0 Å². The summed E-state index contributed by atoms with van der Waals surface area (Å²) in [5.74, 6) is -0.802. The topological polar surface area (TPSA) is 63.0 Å². The zero-order valence-corrected chi connectivity index (χ0v) is 9.33. The predicted octanol–water partition coefficient (Wildman–Crippen LogP) is 2.38. The van der Waals surface area contributed by atoms with Crippen LogP contribution < -0.4 is 0 Å². The van der Waals surface area contributed by atoms with Crippen LogP contribution in [0.25, 0.3) is 0 Å². The van der Waals surface area contributed by atoms with E-state index >= 15 is 0 Å². The molecule has 0 radical (unpaired) electrons. The zero-order valence-electron chi connectivity index (χ0n) is 9.33. The van der Waals surface area contributed by atoms with Gasteiger partial charge in [0.05, 0.1) is 6.61 Å². The number of carbonyl (C=O) groups excluding carboxylic acids is 1. The number of nitriles is 1. The minimum Gasteiger partial charge on any atom is -0.461 e. The monoisotopic (exact) mass is 240 g/mol. The quantitative estimate of drug-likeness (QED) is 0.761. The lowest BCUT2D eigenvalue weighted by atomic mass is 10.1. The van der Waals surface area contributed by atoms with Crippen molar-refractivity contribution < 1.29 is 18.3 Å². The van der Waals surface area contributed by atoms with Crippen LogP contribution in [0.15, 0.2) is 6.07 Å². The molecule has 0 aliphatic carbocycles. The van der Waals surface area contributed by atoms with Crippen molar-refractivity contribution in [1.29, 1.82) is 5.26 Å². The lowest BCUT2D eigenvalue weighted by Crippen LogP contribution is -2.12. The lowest BCUT2D eigenvalue weighted by molar-refractivity contribution is 0.0517. The first-order chi connectivity index (χ1) is 8.01. The van der Waals surface area contributed by atoms with E-state index in [9.17, 15) is 13.6 Å². The van der Waals surface area contributed by atoms with Crippen molar-refractivity contribution in [2.24, 2.45) is 0 Å². The third kappa shape index (κ3) is 2.75. The standard InChI is InChI=1S/C11H10F2N2O2/c1-3-17-11(16)9-6(2)8(10(12)13)4-7(5-14)15-9/h4,10H,3H2,1-2H3. The molecule has 90 valence electrons. The van der Waals surface area contributed by atoms with Gasteiger partial charge in [0.2, 0.25) is 0 Å². The van der Waals surface area contributed by atoms with Crippen LogP contribution in [0.3, 0.4) is 0 Å². The third-order valence-electron chi connectivity index (χ3n) is 2.13. The highest BCUT2D eigenvalue weighted by atomic mass is 19.3. The molecule has 1 rings (SSSR count). The number of nitrogens with zero attached hydrogens (tertiary/aromatic N) is 2. The Bertz CT molecular complexity index is 481. The Labute approximate surface area is 96.8 Å². The lowest BCUT2D eigenvalue weighted by Gasteiger charge is -2.09. The molecule has 0 atom stereocenters. The van der Waals surface area contributed by atoms with Crippen LogP contribution in [0.1, 0.15) is 40.7 Å². The first-order valence-electron chi connectivity index (χ1n) is 4.88. The Balaban J connectivity index is 3.35. The van der Waals surface area contributed by atoms with E-state index in [1.807, 2.05) is 0 Å². The molecule has 0 aromatic carbocycles. The maximum Gasteiger partial charge on any atom is 0.357 e. The number of alkyl halides is 2. The Kier molecular flexibility index (Phi) is 4.10.